The van der Waals surface area contributed by atoms with Crippen molar-refractivity contribution in [2.24, 2.45) is 5.41 Å². The van der Waals surface area contributed by atoms with Crippen LogP contribution in [0, 0.1) is 23.7 Å². The van der Waals surface area contributed by atoms with E-state index in [1.807, 2.05) is 28.9 Å². The van der Waals surface area contributed by atoms with Crippen molar-refractivity contribution in [1.82, 2.24) is 9.58 Å². The Morgan fingerprint density at radius 3 is 2.73 bits per heavy atom. The first-order valence-electron chi connectivity index (χ1n) is 12.2. The van der Waals surface area contributed by atoms with Crippen LogP contribution < -0.4 is 5.43 Å². The van der Waals surface area contributed by atoms with E-state index in [0.29, 0.717) is 0 Å². The number of nitrogens with zero attached hydrogens (tertiary/aromatic N) is 3. The maximum absolute atomic E-state index is 13.8. The smallest absolute Gasteiger partial charge is 0.245 e. The Kier molecular flexibility index (Phi) is 5.95. The topological polar surface area (TPSA) is 61.1 Å². The molecule has 0 unspecified atom stereocenters. The molecule has 33 heavy (non-hydrogen) atoms. The Morgan fingerprint density at radius 2 is 1.91 bits per heavy atom. The highest BCUT2D eigenvalue weighted by molar-refractivity contribution is 5.92. The van der Waals surface area contributed by atoms with Crippen LogP contribution in [0.1, 0.15) is 60.9 Å². The van der Waals surface area contributed by atoms with Crippen LogP contribution in [0.25, 0.3) is 10.9 Å². The highest BCUT2D eigenvalue weighted by atomic mass is 16.2. The van der Waals surface area contributed by atoms with Crippen molar-refractivity contribution >= 4 is 16.8 Å². The number of nitrogens with one attached hydrogen (secondary N) is 1. The van der Waals surface area contributed by atoms with Gasteiger partial charge in [0.2, 0.25) is 5.91 Å². The molecule has 5 rings (SSSR count). The minimum absolute atomic E-state index is 0.163. The number of hydrogen-bond acceptors (Lipinski definition) is 3. The second-order valence-electron chi connectivity index (χ2n) is 9.83. The van der Waals surface area contributed by atoms with Crippen LogP contribution in [-0.4, -0.2) is 28.6 Å². The molecular formula is C28H32N4O. The predicted octanol–water partition coefficient (Wildman–Crippen LogP) is 5.29. The van der Waals surface area contributed by atoms with Gasteiger partial charge < -0.3 is 0 Å². The van der Waals surface area contributed by atoms with E-state index in [-0.39, 0.29) is 11.3 Å². The molecular weight excluding hydrogens is 408 g/mol. The third-order valence-corrected chi connectivity index (χ3v) is 7.73. The summed E-state index contributed by atoms with van der Waals surface area (Å²) in [5.74, 6) is 0.163. The van der Waals surface area contributed by atoms with Crippen LogP contribution >= 0.6 is 0 Å². The fourth-order valence-corrected chi connectivity index (χ4v) is 5.73. The zero-order chi connectivity index (χ0) is 22.8. The molecule has 0 radical (unpaired) electrons. The number of nitriles is 1. The van der Waals surface area contributed by atoms with Crippen LogP contribution in [0.2, 0.25) is 0 Å². The Balaban J connectivity index is 1.32. The van der Waals surface area contributed by atoms with Gasteiger partial charge in [0.1, 0.15) is 0 Å². The molecule has 1 aromatic heterocycles. The van der Waals surface area contributed by atoms with Crippen molar-refractivity contribution in [3.05, 3.63) is 70.9 Å². The second-order valence-corrected chi connectivity index (χ2v) is 9.83. The molecule has 2 heterocycles. The zero-order valence-electron chi connectivity index (χ0n) is 19.4. The lowest BCUT2D eigenvalue weighted by atomic mass is 9.71. The molecule has 2 aliphatic rings. The van der Waals surface area contributed by atoms with E-state index in [1.54, 1.807) is 0 Å². The van der Waals surface area contributed by atoms with Crippen LogP contribution in [0.5, 0.6) is 0 Å². The minimum atomic E-state index is -0.315. The number of rotatable bonds is 5. The Hall–Kier alpha value is -3.10. The minimum Gasteiger partial charge on any atom is -0.299 e. The maximum atomic E-state index is 13.8. The maximum Gasteiger partial charge on any atom is 0.245 e. The van der Waals surface area contributed by atoms with Crippen LogP contribution in [0.15, 0.2) is 48.5 Å². The van der Waals surface area contributed by atoms with Gasteiger partial charge in [-0.05, 0) is 74.5 Å². The van der Waals surface area contributed by atoms with E-state index in [1.165, 1.54) is 17.5 Å². The molecule has 0 bridgehead atoms. The van der Waals surface area contributed by atoms with Gasteiger partial charge in [-0.25, -0.2) is 0 Å². The van der Waals surface area contributed by atoms with Gasteiger partial charge in [-0.1, -0.05) is 43.5 Å². The third kappa shape index (κ3) is 4.28. The molecule has 0 saturated heterocycles. The largest absolute Gasteiger partial charge is 0.299 e. The number of amides is 1. The van der Waals surface area contributed by atoms with E-state index in [9.17, 15) is 10.1 Å². The van der Waals surface area contributed by atoms with E-state index in [2.05, 4.69) is 47.6 Å². The van der Waals surface area contributed by atoms with E-state index in [0.717, 1.165) is 80.3 Å². The summed E-state index contributed by atoms with van der Waals surface area (Å²) in [5, 5.41) is 10.4. The summed E-state index contributed by atoms with van der Waals surface area (Å²) < 4.78 is 1.97. The third-order valence-electron chi connectivity index (χ3n) is 7.73. The van der Waals surface area contributed by atoms with Crippen LogP contribution in [-0.2, 0) is 17.8 Å². The van der Waals surface area contributed by atoms with Crippen molar-refractivity contribution in [1.29, 1.82) is 5.26 Å². The predicted molar refractivity (Wildman–Crippen MR) is 131 cm³/mol. The molecule has 0 atom stereocenters. The Labute approximate surface area is 196 Å². The summed E-state index contributed by atoms with van der Waals surface area (Å²) in [4.78, 5) is 16.2. The van der Waals surface area contributed by atoms with Crippen molar-refractivity contribution in [2.45, 2.75) is 58.4 Å². The standard InChI is InChI=1S/C28H32N4O/c1-21-17-24-7-3-4-8-26(24)32(21)30-27(33)28(12-5-2-6-13-28)14-16-31-15-11-23-10-9-22(19-29)18-25(23)20-31/h3-4,7-10,17-18H,2,5-6,11-16,20H2,1H3,(H,30,33). The Morgan fingerprint density at radius 1 is 1.09 bits per heavy atom. The molecule has 1 aliphatic carbocycles. The second kappa shape index (κ2) is 9.03. The van der Waals surface area contributed by atoms with Gasteiger partial charge >= 0.3 is 0 Å². The highest BCUT2D eigenvalue weighted by Gasteiger charge is 2.40. The fraction of sp³-hybridized carbons (Fsp3) is 0.429. The number of aromatic nitrogens is 1. The molecule has 5 nitrogen and oxygen atoms in total. The molecule has 0 spiro atoms. The summed E-state index contributed by atoms with van der Waals surface area (Å²) in [6, 6.07) is 18.7. The first-order valence-corrected chi connectivity index (χ1v) is 12.2. The number of aryl methyl sites for hydroxylation is 1. The van der Waals surface area contributed by atoms with E-state index >= 15 is 0 Å². The molecule has 1 N–H and O–H groups in total. The zero-order valence-corrected chi connectivity index (χ0v) is 19.4. The normalized spacial score (nSPS) is 17.9. The molecule has 1 amide bonds. The fourth-order valence-electron chi connectivity index (χ4n) is 5.73. The van der Waals surface area contributed by atoms with E-state index < -0.39 is 0 Å². The average Bonchev–Trinajstić information content (AvgIpc) is 3.17. The van der Waals surface area contributed by atoms with Crippen LogP contribution in [0.4, 0.5) is 0 Å². The average molecular weight is 441 g/mol. The summed E-state index contributed by atoms with van der Waals surface area (Å²) >= 11 is 0. The number of carbonyl (C=O) groups is 1. The van der Waals surface area contributed by atoms with Gasteiger partial charge in [-0.2, -0.15) is 5.26 Å². The van der Waals surface area contributed by atoms with Crippen molar-refractivity contribution < 1.29 is 4.79 Å². The number of carbonyl (C=O) groups excluding carboxylic acids is 1. The molecule has 1 aliphatic heterocycles. The molecule has 1 saturated carbocycles. The van der Waals surface area contributed by atoms with Gasteiger partial charge in [0.15, 0.2) is 0 Å². The molecule has 2 aromatic carbocycles. The Bertz CT molecular complexity index is 1210. The lowest BCUT2D eigenvalue weighted by Gasteiger charge is -2.38. The quantitative estimate of drug-likeness (QED) is 0.586. The first kappa shape index (κ1) is 21.7. The number of fused-ring (bicyclic) bond motifs is 2. The summed E-state index contributed by atoms with van der Waals surface area (Å²) in [5.41, 5.74) is 8.42. The van der Waals surface area contributed by atoms with Crippen LogP contribution in [0.3, 0.4) is 0 Å². The van der Waals surface area contributed by atoms with Crippen molar-refractivity contribution in [2.75, 3.05) is 18.5 Å². The number of para-hydroxylation sites is 1. The SMILES string of the molecule is Cc1cc2ccccc2n1NC(=O)C1(CCN2CCc3ccc(C#N)cc3C2)CCCCC1. The van der Waals surface area contributed by atoms with Gasteiger partial charge in [0.05, 0.1) is 22.6 Å². The monoisotopic (exact) mass is 440 g/mol. The lowest BCUT2D eigenvalue weighted by Crippen LogP contribution is -2.44. The van der Waals surface area contributed by atoms with Crippen molar-refractivity contribution in [3.8, 4) is 6.07 Å². The van der Waals surface area contributed by atoms with Gasteiger partial charge in [-0.3, -0.25) is 19.8 Å². The van der Waals surface area contributed by atoms with Gasteiger partial charge in [0.25, 0.3) is 0 Å². The molecule has 1 fully saturated rings. The summed E-state index contributed by atoms with van der Waals surface area (Å²) in [6.07, 6.45) is 7.26. The highest BCUT2D eigenvalue weighted by Crippen LogP contribution is 2.40. The number of hydrogen-bond donors (Lipinski definition) is 1. The molecule has 5 heteroatoms. The van der Waals surface area contributed by atoms with E-state index in [4.69, 9.17) is 0 Å². The molecule has 3 aromatic rings. The summed E-state index contributed by atoms with van der Waals surface area (Å²) in [6.45, 7) is 4.84. The van der Waals surface area contributed by atoms with Gasteiger partial charge in [-0.15, -0.1) is 0 Å². The molecule has 170 valence electrons. The summed E-state index contributed by atoms with van der Waals surface area (Å²) in [7, 11) is 0. The first-order chi connectivity index (χ1) is 16.1. The van der Waals surface area contributed by atoms with Gasteiger partial charge in [0, 0.05) is 24.2 Å². The number of benzene rings is 2. The van der Waals surface area contributed by atoms with Crippen molar-refractivity contribution in [3.63, 3.8) is 0 Å². The lowest BCUT2D eigenvalue weighted by molar-refractivity contribution is -0.129.